The maximum absolute atomic E-state index is 12.3. The van der Waals surface area contributed by atoms with Crippen LogP contribution >= 0.6 is 0 Å². The number of nitrogens with zero attached hydrogens (tertiary/aromatic N) is 3. The molecule has 96 valence electrons. The minimum absolute atomic E-state index is 0.0738. The molecule has 2 rings (SSSR count). The lowest BCUT2D eigenvalue weighted by molar-refractivity contribution is -0.150. The van der Waals surface area contributed by atoms with Gasteiger partial charge in [-0.25, -0.2) is 0 Å². The molecule has 18 heavy (non-hydrogen) atoms. The smallest absolute Gasteiger partial charge is 0.248 e. The molecule has 1 atom stereocenters. The van der Waals surface area contributed by atoms with Gasteiger partial charge in [-0.2, -0.15) is 10.2 Å². The van der Waals surface area contributed by atoms with Gasteiger partial charge in [-0.05, 0) is 25.5 Å². The normalized spacial score (nSPS) is 24.0. The van der Waals surface area contributed by atoms with E-state index in [2.05, 4.69) is 15.5 Å². The molecule has 1 fully saturated rings. The van der Waals surface area contributed by atoms with Crippen molar-refractivity contribution in [2.75, 3.05) is 6.54 Å². The molecule has 2 amide bonds. The van der Waals surface area contributed by atoms with Gasteiger partial charge in [0.15, 0.2) is 0 Å². The fraction of sp³-hybridized carbons (Fsp3) is 0.500. The van der Waals surface area contributed by atoms with Crippen molar-refractivity contribution in [3.63, 3.8) is 0 Å². The summed E-state index contributed by atoms with van der Waals surface area (Å²) in [6.07, 6.45) is 2.14. The zero-order valence-corrected chi connectivity index (χ0v) is 10.5. The lowest BCUT2D eigenvalue weighted by atomic mass is 9.94. The second-order valence-electron chi connectivity index (χ2n) is 4.61. The van der Waals surface area contributed by atoms with Crippen molar-refractivity contribution in [2.45, 2.75) is 32.4 Å². The SMILES string of the molecule is CCC1(C)NC(=O)CN(Cc2cccnn2)C1=O. The summed E-state index contributed by atoms with van der Waals surface area (Å²) in [7, 11) is 0. The molecule has 1 aliphatic rings. The van der Waals surface area contributed by atoms with Gasteiger partial charge in [0.05, 0.1) is 12.2 Å². The molecule has 1 saturated heterocycles. The van der Waals surface area contributed by atoms with E-state index in [4.69, 9.17) is 0 Å². The third-order valence-electron chi connectivity index (χ3n) is 3.20. The van der Waals surface area contributed by atoms with Crippen molar-refractivity contribution in [3.05, 3.63) is 24.0 Å². The van der Waals surface area contributed by atoms with Gasteiger partial charge in [-0.1, -0.05) is 6.92 Å². The van der Waals surface area contributed by atoms with Crippen molar-refractivity contribution in [1.29, 1.82) is 0 Å². The Bertz CT molecular complexity index is 462. The van der Waals surface area contributed by atoms with Crippen LogP contribution in [0.15, 0.2) is 18.3 Å². The fourth-order valence-corrected chi connectivity index (χ4v) is 1.98. The minimum atomic E-state index is -0.808. The van der Waals surface area contributed by atoms with Crippen LogP contribution in [0.3, 0.4) is 0 Å². The molecular weight excluding hydrogens is 232 g/mol. The molecule has 0 bridgehead atoms. The number of nitrogens with one attached hydrogen (secondary N) is 1. The van der Waals surface area contributed by atoms with Crippen molar-refractivity contribution in [2.24, 2.45) is 0 Å². The molecule has 6 heteroatoms. The predicted molar refractivity (Wildman–Crippen MR) is 64.3 cm³/mol. The van der Waals surface area contributed by atoms with Crippen LogP contribution in [0.4, 0.5) is 0 Å². The van der Waals surface area contributed by atoms with Crippen molar-refractivity contribution in [1.82, 2.24) is 20.4 Å². The number of aromatic nitrogens is 2. The van der Waals surface area contributed by atoms with Crippen LogP contribution in [-0.2, 0) is 16.1 Å². The van der Waals surface area contributed by atoms with E-state index in [-0.39, 0.29) is 18.4 Å². The number of carbonyl (C=O) groups excluding carboxylic acids is 2. The first kappa shape index (κ1) is 12.5. The first-order valence-corrected chi connectivity index (χ1v) is 5.92. The Balaban J connectivity index is 2.17. The van der Waals surface area contributed by atoms with Crippen LogP contribution in [-0.4, -0.2) is 39.0 Å². The molecule has 1 aliphatic heterocycles. The van der Waals surface area contributed by atoms with Gasteiger partial charge >= 0.3 is 0 Å². The molecule has 0 saturated carbocycles. The molecule has 1 aromatic rings. The summed E-state index contributed by atoms with van der Waals surface area (Å²) < 4.78 is 0. The van der Waals surface area contributed by atoms with E-state index in [0.29, 0.717) is 18.7 Å². The van der Waals surface area contributed by atoms with Gasteiger partial charge in [-0.3, -0.25) is 9.59 Å². The van der Waals surface area contributed by atoms with E-state index in [0.717, 1.165) is 0 Å². The standard InChI is InChI=1S/C12H16N4O2/c1-3-12(2)11(18)16(8-10(17)14-12)7-9-5-4-6-13-15-9/h4-6H,3,7-8H2,1-2H3,(H,14,17). The third-order valence-corrected chi connectivity index (χ3v) is 3.20. The Morgan fingerprint density at radius 3 is 2.89 bits per heavy atom. The van der Waals surface area contributed by atoms with E-state index in [1.165, 1.54) is 4.90 Å². The largest absolute Gasteiger partial charge is 0.340 e. The first-order chi connectivity index (χ1) is 8.55. The number of piperazine rings is 1. The van der Waals surface area contributed by atoms with Crippen LogP contribution in [0.25, 0.3) is 0 Å². The van der Waals surface area contributed by atoms with E-state index in [9.17, 15) is 9.59 Å². The molecule has 0 aliphatic carbocycles. The average Bonchev–Trinajstić information content (AvgIpc) is 2.37. The molecular formula is C12H16N4O2. The van der Waals surface area contributed by atoms with Crippen LogP contribution in [0.2, 0.25) is 0 Å². The number of rotatable bonds is 3. The maximum atomic E-state index is 12.3. The number of hydrogen-bond donors (Lipinski definition) is 1. The fourth-order valence-electron chi connectivity index (χ4n) is 1.98. The molecule has 2 heterocycles. The predicted octanol–water partition coefficient (Wildman–Crippen LogP) is 0.104. The molecule has 0 radical (unpaired) electrons. The number of hydrogen-bond acceptors (Lipinski definition) is 4. The van der Waals surface area contributed by atoms with Crippen molar-refractivity contribution < 1.29 is 9.59 Å². The zero-order valence-electron chi connectivity index (χ0n) is 10.5. The van der Waals surface area contributed by atoms with Gasteiger partial charge in [-0.15, -0.1) is 0 Å². The summed E-state index contributed by atoms with van der Waals surface area (Å²) in [5.41, 5.74) is -0.128. The average molecular weight is 248 g/mol. The first-order valence-electron chi connectivity index (χ1n) is 5.92. The van der Waals surface area contributed by atoms with Crippen molar-refractivity contribution in [3.8, 4) is 0 Å². The monoisotopic (exact) mass is 248 g/mol. The summed E-state index contributed by atoms with van der Waals surface area (Å²) in [5.74, 6) is -0.210. The van der Waals surface area contributed by atoms with Crippen LogP contribution in [0.1, 0.15) is 26.0 Å². The topological polar surface area (TPSA) is 75.2 Å². The maximum Gasteiger partial charge on any atom is 0.248 e. The summed E-state index contributed by atoms with van der Waals surface area (Å²) in [4.78, 5) is 25.5. The van der Waals surface area contributed by atoms with Crippen molar-refractivity contribution >= 4 is 11.8 Å². The van der Waals surface area contributed by atoms with Gasteiger partial charge < -0.3 is 10.2 Å². The summed E-state index contributed by atoms with van der Waals surface area (Å²) in [6, 6.07) is 3.55. The quantitative estimate of drug-likeness (QED) is 0.823. The Morgan fingerprint density at radius 2 is 2.28 bits per heavy atom. The van der Waals surface area contributed by atoms with Crippen LogP contribution < -0.4 is 5.32 Å². The van der Waals surface area contributed by atoms with Gasteiger partial charge in [0.2, 0.25) is 11.8 Å². The highest BCUT2D eigenvalue weighted by Gasteiger charge is 2.41. The van der Waals surface area contributed by atoms with E-state index < -0.39 is 5.54 Å². The third kappa shape index (κ3) is 2.32. The van der Waals surface area contributed by atoms with Gasteiger partial charge in [0.25, 0.3) is 0 Å². The summed E-state index contributed by atoms with van der Waals surface area (Å²) in [5, 5.41) is 10.4. The summed E-state index contributed by atoms with van der Waals surface area (Å²) in [6.45, 7) is 4.01. The summed E-state index contributed by atoms with van der Waals surface area (Å²) >= 11 is 0. The van der Waals surface area contributed by atoms with Gasteiger partial charge in [0.1, 0.15) is 12.1 Å². The van der Waals surface area contributed by atoms with Crippen LogP contribution in [0, 0.1) is 0 Å². The molecule has 1 N–H and O–H groups in total. The Labute approximate surface area is 105 Å². The lowest BCUT2D eigenvalue weighted by Gasteiger charge is -2.39. The second-order valence-corrected chi connectivity index (χ2v) is 4.61. The lowest BCUT2D eigenvalue weighted by Crippen LogP contribution is -2.64. The van der Waals surface area contributed by atoms with E-state index >= 15 is 0 Å². The Hall–Kier alpha value is -1.98. The highest BCUT2D eigenvalue weighted by molar-refractivity contribution is 5.97. The van der Waals surface area contributed by atoms with Crippen LogP contribution in [0.5, 0.6) is 0 Å². The highest BCUT2D eigenvalue weighted by atomic mass is 16.2. The van der Waals surface area contributed by atoms with E-state index in [1.807, 2.05) is 6.92 Å². The molecule has 1 aromatic heterocycles. The molecule has 6 nitrogen and oxygen atoms in total. The molecule has 0 spiro atoms. The highest BCUT2D eigenvalue weighted by Crippen LogP contribution is 2.18. The Morgan fingerprint density at radius 1 is 1.50 bits per heavy atom. The second kappa shape index (κ2) is 4.72. The molecule has 0 aromatic carbocycles. The molecule has 1 unspecified atom stereocenters. The Kier molecular flexibility index (Phi) is 3.27. The number of carbonyl (C=O) groups is 2. The van der Waals surface area contributed by atoms with E-state index in [1.54, 1.807) is 25.3 Å². The van der Waals surface area contributed by atoms with Gasteiger partial charge in [0, 0.05) is 6.20 Å². The number of amides is 2. The minimum Gasteiger partial charge on any atom is -0.340 e. The zero-order chi connectivity index (χ0) is 13.2.